The summed E-state index contributed by atoms with van der Waals surface area (Å²) in [6, 6.07) is 1.89. The zero-order chi connectivity index (χ0) is 14.5. The molecule has 0 radical (unpaired) electrons. The summed E-state index contributed by atoms with van der Waals surface area (Å²) in [6.07, 6.45) is 3.41. The molecule has 0 N–H and O–H groups in total. The first-order valence-corrected chi connectivity index (χ1v) is 7.71. The number of halogens is 2. The van der Waals surface area contributed by atoms with Crippen LogP contribution in [0.3, 0.4) is 0 Å². The number of nitrogens with zero attached hydrogens (tertiary/aromatic N) is 5. The predicted octanol–water partition coefficient (Wildman–Crippen LogP) is 2.66. The molecule has 8 heteroatoms. The number of hydrogen-bond acceptors (Lipinski definition) is 5. The first-order chi connectivity index (χ1) is 9.67. The van der Waals surface area contributed by atoms with Gasteiger partial charge in [-0.15, -0.1) is 0 Å². The van der Waals surface area contributed by atoms with E-state index in [0.717, 1.165) is 28.1 Å². The summed E-state index contributed by atoms with van der Waals surface area (Å²) in [7, 11) is 1.69. The predicted molar refractivity (Wildman–Crippen MR) is 84.3 cm³/mol. The summed E-state index contributed by atoms with van der Waals surface area (Å²) in [5, 5.41) is 0. The molecule has 0 aliphatic heterocycles. The molecule has 2 aromatic heterocycles. The second-order valence-corrected chi connectivity index (χ2v) is 5.49. The Morgan fingerprint density at radius 3 is 2.75 bits per heavy atom. The lowest BCUT2D eigenvalue weighted by atomic mass is 10.4. The van der Waals surface area contributed by atoms with Gasteiger partial charge in [0.25, 0.3) is 0 Å². The third-order valence-corrected chi connectivity index (χ3v) is 4.65. The molecule has 6 nitrogen and oxygen atoms in total. The number of likely N-dealkylation sites (N-methyl/N-ethyl adjacent to an activating group) is 1. The molecule has 20 heavy (non-hydrogen) atoms. The summed E-state index contributed by atoms with van der Waals surface area (Å²) in [6.45, 7) is 4.39. The van der Waals surface area contributed by atoms with E-state index in [0.29, 0.717) is 12.6 Å². The van der Waals surface area contributed by atoms with Crippen LogP contribution in [0.15, 0.2) is 27.8 Å². The van der Waals surface area contributed by atoms with Crippen molar-refractivity contribution in [1.29, 1.82) is 0 Å². The molecule has 2 heterocycles. The molecule has 0 atom stereocenters. The van der Waals surface area contributed by atoms with Gasteiger partial charge in [-0.25, -0.2) is 9.97 Å². The average Bonchev–Trinajstić information content (AvgIpc) is 2.80. The molecule has 0 fully saturated rings. The van der Waals surface area contributed by atoms with Gasteiger partial charge in [0.15, 0.2) is 0 Å². The number of methoxy groups -OCH3 is 1. The minimum Gasteiger partial charge on any atom is -0.383 e. The number of imidazole rings is 1. The maximum Gasteiger partial charge on any atom is 0.237 e. The van der Waals surface area contributed by atoms with Gasteiger partial charge in [-0.05, 0) is 44.8 Å². The Bertz CT molecular complexity index is 575. The van der Waals surface area contributed by atoms with E-state index in [4.69, 9.17) is 4.74 Å². The lowest BCUT2D eigenvalue weighted by Crippen LogP contribution is -2.28. The van der Waals surface area contributed by atoms with E-state index in [-0.39, 0.29) is 0 Å². The van der Waals surface area contributed by atoms with Gasteiger partial charge in [-0.2, -0.15) is 4.98 Å². The van der Waals surface area contributed by atoms with Crippen molar-refractivity contribution in [3.63, 3.8) is 0 Å². The normalized spacial score (nSPS) is 10.8. The van der Waals surface area contributed by atoms with E-state index in [9.17, 15) is 0 Å². The van der Waals surface area contributed by atoms with Crippen LogP contribution in [-0.4, -0.2) is 46.3 Å². The summed E-state index contributed by atoms with van der Waals surface area (Å²) in [5.41, 5.74) is 0. The lowest BCUT2D eigenvalue weighted by molar-refractivity contribution is 0.205. The van der Waals surface area contributed by atoms with Crippen LogP contribution in [0.1, 0.15) is 6.92 Å². The molecule has 0 saturated heterocycles. The van der Waals surface area contributed by atoms with Crippen molar-refractivity contribution in [3.05, 3.63) is 27.8 Å². The van der Waals surface area contributed by atoms with Gasteiger partial charge in [-0.1, -0.05) is 0 Å². The van der Waals surface area contributed by atoms with Crippen LogP contribution < -0.4 is 4.90 Å². The third kappa shape index (κ3) is 3.36. The van der Waals surface area contributed by atoms with Gasteiger partial charge < -0.3 is 9.64 Å². The van der Waals surface area contributed by atoms with E-state index < -0.39 is 0 Å². The topological polar surface area (TPSA) is 56.1 Å². The number of aromatic nitrogens is 4. The fourth-order valence-corrected chi connectivity index (χ4v) is 2.35. The van der Waals surface area contributed by atoms with E-state index in [2.05, 4.69) is 58.6 Å². The number of rotatable bonds is 6. The van der Waals surface area contributed by atoms with Crippen LogP contribution in [-0.2, 0) is 4.74 Å². The molecule has 0 saturated carbocycles. The second kappa shape index (κ2) is 7.14. The molecule has 0 bridgehead atoms. The van der Waals surface area contributed by atoms with Gasteiger partial charge in [-0.3, -0.25) is 4.57 Å². The molecule has 108 valence electrons. The molecule has 2 aromatic rings. The van der Waals surface area contributed by atoms with Crippen molar-refractivity contribution in [2.24, 2.45) is 0 Å². The first-order valence-electron chi connectivity index (χ1n) is 6.13. The van der Waals surface area contributed by atoms with E-state index in [1.54, 1.807) is 24.2 Å². The highest BCUT2D eigenvalue weighted by Gasteiger charge is 2.12. The van der Waals surface area contributed by atoms with Crippen molar-refractivity contribution in [2.45, 2.75) is 6.92 Å². The Labute approximate surface area is 134 Å². The maximum atomic E-state index is 5.12. The highest BCUT2D eigenvalue weighted by atomic mass is 79.9. The molecule has 0 amide bonds. The van der Waals surface area contributed by atoms with Crippen molar-refractivity contribution in [2.75, 3.05) is 31.7 Å². The van der Waals surface area contributed by atoms with Gasteiger partial charge in [0, 0.05) is 26.4 Å². The molecule has 2 rings (SSSR count). The minimum absolute atomic E-state index is 0.573. The number of ether oxygens (including phenoxy) is 1. The summed E-state index contributed by atoms with van der Waals surface area (Å²) in [5.74, 6) is 1.44. The largest absolute Gasteiger partial charge is 0.383 e. The quantitative estimate of drug-likeness (QED) is 0.740. The van der Waals surface area contributed by atoms with Crippen molar-refractivity contribution in [3.8, 4) is 5.95 Å². The number of anilines is 1. The number of hydrogen-bond donors (Lipinski definition) is 0. The summed E-state index contributed by atoms with van der Waals surface area (Å²) < 4.78 is 8.40. The molecule has 0 aliphatic carbocycles. The lowest BCUT2D eigenvalue weighted by Gasteiger charge is -2.21. The Kier molecular flexibility index (Phi) is 5.50. The highest BCUT2D eigenvalue weighted by Crippen LogP contribution is 2.23. The van der Waals surface area contributed by atoms with Crippen molar-refractivity contribution >= 4 is 37.7 Å². The van der Waals surface area contributed by atoms with Crippen molar-refractivity contribution < 1.29 is 4.74 Å². The highest BCUT2D eigenvalue weighted by molar-refractivity contribution is 9.13. The molecular formula is C12H15Br2N5O. The smallest absolute Gasteiger partial charge is 0.237 e. The van der Waals surface area contributed by atoms with Gasteiger partial charge in [0.1, 0.15) is 21.4 Å². The SMILES string of the molecule is CCN(CCOC)c1ccnc(-n2cnc(Br)c2Br)n1. The third-order valence-electron chi connectivity index (χ3n) is 2.78. The van der Waals surface area contributed by atoms with Crippen LogP contribution in [0.4, 0.5) is 5.82 Å². The van der Waals surface area contributed by atoms with Gasteiger partial charge in [0.05, 0.1) is 6.61 Å². The van der Waals surface area contributed by atoms with Gasteiger partial charge in [0.2, 0.25) is 5.95 Å². The Balaban J connectivity index is 2.29. The standard InChI is InChI=1S/C12H15Br2N5O/c1-3-18(6-7-20-2)9-4-5-15-12(17-9)19-8-16-10(13)11(19)14/h4-5,8H,3,6-7H2,1-2H3. The minimum atomic E-state index is 0.573. The monoisotopic (exact) mass is 403 g/mol. The van der Waals surface area contributed by atoms with E-state index in [1.165, 1.54) is 0 Å². The van der Waals surface area contributed by atoms with Crippen molar-refractivity contribution in [1.82, 2.24) is 19.5 Å². The second-order valence-electron chi connectivity index (χ2n) is 3.98. The summed E-state index contributed by atoms with van der Waals surface area (Å²) in [4.78, 5) is 15.1. The molecule has 0 aliphatic rings. The zero-order valence-corrected chi connectivity index (χ0v) is 14.4. The van der Waals surface area contributed by atoms with Gasteiger partial charge >= 0.3 is 0 Å². The molecule has 0 aromatic carbocycles. The fraction of sp³-hybridized carbons (Fsp3) is 0.417. The van der Waals surface area contributed by atoms with Crippen LogP contribution >= 0.6 is 31.9 Å². The van der Waals surface area contributed by atoms with Crippen LogP contribution in [0.5, 0.6) is 0 Å². The molecule has 0 unspecified atom stereocenters. The Morgan fingerprint density at radius 1 is 1.35 bits per heavy atom. The maximum absolute atomic E-state index is 5.12. The summed E-state index contributed by atoms with van der Waals surface area (Å²) >= 11 is 6.79. The fourth-order valence-electron chi connectivity index (χ4n) is 1.72. The van der Waals surface area contributed by atoms with E-state index >= 15 is 0 Å². The molecular weight excluding hydrogens is 390 g/mol. The average molecular weight is 405 g/mol. The van der Waals surface area contributed by atoms with E-state index in [1.807, 2.05) is 6.07 Å². The van der Waals surface area contributed by atoms with Crippen LogP contribution in [0, 0.1) is 0 Å². The zero-order valence-electron chi connectivity index (χ0n) is 11.3. The Morgan fingerprint density at radius 2 is 2.15 bits per heavy atom. The van der Waals surface area contributed by atoms with Crippen LogP contribution in [0.2, 0.25) is 0 Å². The first kappa shape index (κ1) is 15.4. The van der Waals surface area contributed by atoms with Crippen LogP contribution in [0.25, 0.3) is 5.95 Å². The molecule has 0 spiro atoms. The Hall–Kier alpha value is -0.990.